The molecule has 2 heterocycles. The maximum atomic E-state index is 13.7. The van der Waals surface area contributed by atoms with Crippen LogP contribution in [0.5, 0.6) is 0 Å². The monoisotopic (exact) mass is 315 g/mol. The Morgan fingerprint density at radius 1 is 1.55 bits per heavy atom. The van der Waals surface area contributed by atoms with Crippen molar-refractivity contribution in [3.05, 3.63) is 22.7 Å². The number of nitrogens with two attached hydrogens (primary N) is 1. The van der Waals surface area contributed by atoms with Gasteiger partial charge >= 0.3 is 11.6 Å². The molecule has 1 saturated heterocycles. The van der Waals surface area contributed by atoms with Crippen molar-refractivity contribution in [3.63, 3.8) is 0 Å². The smallest absolute Gasteiger partial charge is 0.351 e. The van der Waals surface area contributed by atoms with E-state index in [1.807, 2.05) is 0 Å². The van der Waals surface area contributed by atoms with Gasteiger partial charge in [-0.2, -0.15) is 13.8 Å². The zero-order chi connectivity index (χ0) is 13.5. The van der Waals surface area contributed by atoms with Gasteiger partial charge in [0, 0.05) is 6.20 Å². The maximum Gasteiger partial charge on any atom is 0.351 e. The van der Waals surface area contributed by atoms with Crippen molar-refractivity contribution in [1.82, 2.24) is 9.55 Å². The van der Waals surface area contributed by atoms with E-state index in [0.717, 1.165) is 12.3 Å². The number of nitrogen functional groups attached to an aromatic ring is 1. The SMILES string of the molecule is C.Cl.Nc1ccn([C@@H]2O[C@H](CO)C(O)C2(F)F)c(=O)n1. The minimum atomic E-state index is -3.71. The number of ether oxygens (including phenoxy) is 1. The summed E-state index contributed by atoms with van der Waals surface area (Å²) < 4.78 is 32.7. The molecule has 1 aliphatic rings. The van der Waals surface area contributed by atoms with Crippen molar-refractivity contribution < 1.29 is 23.7 Å². The van der Waals surface area contributed by atoms with Gasteiger partial charge in [-0.25, -0.2) is 4.79 Å². The highest BCUT2D eigenvalue weighted by atomic mass is 35.5. The Balaban J connectivity index is 0.00000180. The Hall–Kier alpha value is -1.29. The first-order valence-electron chi connectivity index (χ1n) is 5.04. The molecule has 20 heavy (non-hydrogen) atoms. The molecule has 1 aliphatic heterocycles. The molecule has 1 aromatic rings. The molecule has 2 rings (SSSR count). The summed E-state index contributed by atoms with van der Waals surface area (Å²) in [6, 6.07) is 1.15. The van der Waals surface area contributed by atoms with E-state index in [2.05, 4.69) is 4.98 Å². The first kappa shape index (κ1) is 18.7. The number of aliphatic hydroxyl groups excluding tert-OH is 2. The number of hydrogen-bond donors (Lipinski definition) is 3. The average molecular weight is 316 g/mol. The van der Waals surface area contributed by atoms with E-state index < -0.39 is 36.7 Å². The van der Waals surface area contributed by atoms with Gasteiger partial charge in [-0.05, 0) is 6.07 Å². The lowest BCUT2D eigenvalue weighted by Gasteiger charge is -2.20. The van der Waals surface area contributed by atoms with E-state index in [1.165, 1.54) is 0 Å². The number of anilines is 1. The zero-order valence-electron chi connectivity index (χ0n) is 9.44. The van der Waals surface area contributed by atoms with Gasteiger partial charge in [0.2, 0.25) is 6.23 Å². The summed E-state index contributed by atoms with van der Waals surface area (Å²) in [5.41, 5.74) is 4.21. The number of hydrogen-bond acceptors (Lipinski definition) is 6. The van der Waals surface area contributed by atoms with E-state index in [1.54, 1.807) is 0 Å². The summed E-state index contributed by atoms with van der Waals surface area (Å²) >= 11 is 0. The Bertz CT molecular complexity index is 514. The summed E-state index contributed by atoms with van der Waals surface area (Å²) in [7, 11) is 0. The third kappa shape index (κ3) is 2.90. The van der Waals surface area contributed by atoms with Crippen LogP contribution >= 0.6 is 12.4 Å². The molecule has 0 aliphatic carbocycles. The van der Waals surface area contributed by atoms with Crippen LogP contribution < -0.4 is 11.4 Å². The summed E-state index contributed by atoms with van der Waals surface area (Å²) in [4.78, 5) is 14.7. The van der Waals surface area contributed by atoms with Crippen molar-refractivity contribution in [3.8, 4) is 0 Å². The first-order valence-corrected chi connectivity index (χ1v) is 5.04. The summed E-state index contributed by atoms with van der Waals surface area (Å²) in [6.45, 7) is -0.787. The molecule has 1 fully saturated rings. The Labute approximate surface area is 119 Å². The fourth-order valence-corrected chi connectivity index (χ4v) is 1.72. The second kappa shape index (κ2) is 6.44. The number of aliphatic hydroxyl groups is 2. The van der Waals surface area contributed by atoms with E-state index >= 15 is 0 Å². The summed E-state index contributed by atoms with van der Waals surface area (Å²) in [5, 5.41) is 18.1. The molecule has 0 aromatic carbocycles. The van der Waals surface area contributed by atoms with E-state index in [9.17, 15) is 18.7 Å². The predicted octanol–water partition coefficient (Wildman–Crippen LogP) is -0.231. The topological polar surface area (TPSA) is 111 Å². The van der Waals surface area contributed by atoms with Gasteiger partial charge in [0.15, 0.2) is 6.10 Å². The van der Waals surface area contributed by atoms with Gasteiger partial charge in [-0.3, -0.25) is 4.57 Å². The van der Waals surface area contributed by atoms with Crippen LogP contribution in [0.3, 0.4) is 0 Å². The van der Waals surface area contributed by atoms with Crippen LogP contribution in [0.15, 0.2) is 17.1 Å². The highest BCUT2D eigenvalue weighted by Gasteiger charge is 2.59. The molecule has 0 spiro atoms. The number of halogens is 3. The van der Waals surface area contributed by atoms with Crippen LogP contribution in [0.25, 0.3) is 0 Å². The summed E-state index contributed by atoms with van der Waals surface area (Å²) in [5.74, 6) is -3.83. The highest BCUT2D eigenvalue weighted by Crippen LogP contribution is 2.41. The van der Waals surface area contributed by atoms with Crippen LogP contribution in [-0.4, -0.2) is 44.5 Å². The summed E-state index contributed by atoms with van der Waals surface area (Å²) in [6.07, 6.45) is -4.69. The largest absolute Gasteiger partial charge is 0.394 e. The third-order valence-electron chi connectivity index (χ3n) is 2.66. The number of rotatable bonds is 2. The Kier molecular flexibility index (Phi) is 6.02. The molecule has 0 radical (unpaired) electrons. The van der Waals surface area contributed by atoms with Crippen molar-refractivity contribution in [2.45, 2.75) is 31.8 Å². The van der Waals surface area contributed by atoms with E-state index in [-0.39, 0.29) is 25.7 Å². The molecule has 3 atom stereocenters. The molecular formula is C10H16ClF2N3O4. The minimum Gasteiger partial charge on any atom is -0.394 e. The average Bonchev–Trinajstić information content (AvgIpc) is 2.52. The molecular weight excluding hydrogens is 300 g/mol. The quantitative estimate of drug-likeness (QED) is 0.695. The van der Waals surface area contributed by atoms with Gasteiger partial charge in [-0.1, -0.05) is 7.43 Å². The molecule has 0 amide bonds. The predicted molar refractivity (Wildman–Crippen MR) is 68.8 cm³/mol. The van der Waals surface area contributed by atoms with Crippen molar-refractivity contribution in [1.29, 1.82) is 0 Å². The van der Waals surface area contributed by atoms with Crippen LogP contribution in [-0.2, 0) is 4.74 Å². The lowest BCUT2D eigenvalue weighted by molar-refractivity contribution is -0.140. The number of aromatic nitrogens is 2. The van der Waals surface area contributed by atoms with Crippen molar-refractivity contribution >= 4 is 18.2 Å². The molecule has 0 bridgehead atoms. The highest BCUT2D eigenvalue weighted by molar-refractivity contribution is 5.85. The number of nitrogens with zero attached hydrogens (tertiary/aromatic N) is 2. The van der Waals surface area contributed by atoms with Crippen LogP contribution in [0, 0.1) is 0 Å². The van der Waals surface area contributed by atoms with Crippen LogP contribution in [0.2, 0.25) is 0 Å². The lowest BCUT2D eigenvalue weighted by atomic mass is 10.1. The van der Waals surface area contributed by atoms with Gasteiger partial charge in [-0.15, -0.1) is 12.4 Å². The number of alkyl halides is 2. The molecule has 1 unspecified atom stereocenters. The second-order valence-corrected chi connectivity index (χ2v) is 3.87. The Morgan fingerprint density at radius 3 is 2.60 bits per heavy atom. The molecule has 116 valence electrons. The second-order valence-electron chi connectivity index (χ2n) is 3.87. The molecule has 4 N–H and O–H groups in total. The standard InChI is InChI=1S/C9H11F2N3O4.CH4.ClH/c10-9(11)6(16)4(3-15)18-7(9)14-2-1-5(12)13-8(14)17;;/h1-2,4,6-7,15-16H,3H2,(H2,12,13,17);1H4;1H/t4-,6?,7-;;/m1../s1. The third-order valence-corrected chi connectivity index (χ3v) is 2.66. The van der Waals surface area contributed by atoms with Crippen molar-refractivity contribution in [2.75, 3.05) is 12.3 Å². The molecule has 1 aromatic heterocycles. The normalized spacial score (nSPS) is 27.5. The minimum absolute atomic E-state index is 0. The molecule has 0 saturated carbocycles. The van der Waals surface area contributed by atoms with Gasteiger partial charge in [0.1, 0.15) is 11.9 Å². The van der Waals surface area contributed by atoms with Crippen molar-refractivity contribution in [2.24, 2.45) is 0 Å². The van der Waals surface area contributed by atoms with Gasteiger partial charge in [0.25, 0.3) is 0 Å². The Morgan fingerprint density at radius 2 is 2.15 bits per heavy atom. The van der Waals surface area contributed by atoms with Gasteiger partial charge < -0.3 is 20.7 Å². The van der Waals surface area contributed by atoms with E-state index in [4.69, 9.17) is 15.6 Å². The van der Waals surface area contributed by atoms with Crippen LogP contribution in [0.4, 0.5) is 14.6 Å². The zero-order valence-corrected chi connectivity index (χ0v) is 10.3. The fraction of sp³-hybridized carbons (Fsp3) is 0.600. The molecule has 7 nitrogen and oxygen atoms in total. The maximum absolute atomic E-state index is 13.7. The first-order chi connectivity index (χ1) is 8.37. The lowest BCUT2D eigenvalue weighted by Crippen LogP contribution is -2.41. The molecule has 10 heteroatoms. The van der Waals surface area contributed by atoms with Crippen LogP contribution in [0.1, 0.15) is 13.7 Å². The van der Waals surface area contributed by atoms with E-state index in [0.29, 0.717) is 4.57 Å². The van der Waals surface area contributed by atoms with Gasteiger partial charge in [0.05, 0.1) is 6.61 Å². The fourth-order valence-electron chi connectivity index (χ4n) is 1.72.